The highest BCUT2D eigenvalue weighted by atomic mass is 16.2. The Morgan fingerprint density at radius 1 is 1.07 bits per heavy atom. The molecule has 0 aliphatic carbocycles. The molecule has 5 rings (SSSR count). The summed E-state index contributed by atoms with van der Waals surface area (Å²) in [4.78, 5) is 36.3. The molecule has 2 aromatic rings. The molecule has 242 valence electrons. The van der Waals surface area contributed by atoms with E-state index in [-0.39, 0.29) is 5.91 Å². The number of hydrogen-bond acceptors (Lipinski definition) is 11. The fourth-order valence-electron chi connectivity index (χ4n) is 6.38. The van der Waals surface area contributed by atoms with Gasteiger partial charge in [-0.3, -0.25) is 4.79 Å². The number of nitrogens with two attached hydrogens (primary N) is 1. The van der Waals surface area contributed by atoms with Gasteiger partial charge < -0.3 is 40.5 Å². The Bertz CT molecular complexity index is 1590. The lowest BCUT2D eigenvalue weighted by atomic mass is 10.0. The molecule has 2 fully saturated rings. The summed E-state index contributed by atoms with van der Waals surface area (Å²) in [6, 6.07) is 5.81. The second-order valence-electron chi connectivity index (χ2n) is 12.7. The first-order valence-corrected chi connectivity index (χ1v) is 15.8. The van der Waals surface area contributed by atoms with E-state index < -0.39 is 6.04 Å². The number of fused-ring (bicyclic) bond motifs is 1. The average Bonchev–Trinajstić information content (AvgIpc) is 3.22. The quantitative estimate of drug-likeness (QED) is 0.192. The molecule has 1 aromatic heterocycles. The van der Waals surface area contributed by atoms with E-state index in [0.717, 1.165) is 78.9 Å². The maximum absolute atomic E-state index is 13.2. The van der Waals surface area contributed by atoms with Crippen molar-refractivity contribution in [3.8, 4) is 17.9 Å². The number of anilines is 4. The standard InChI is InChI=1S/C34H45N11O/c1-24-10-11-29(37)28(20-36)32(24)42-16-12-27-30(13-17-42)38-34(44-22-26(23-44)41(4)5)39-33(27)43-18-19-45(25(21-43)8-6-14-35)31(46)9-7-15-40(2)3/h7,9-11,20,25-26,36H,12-13,15-19,21-23,37H2,1-5H3/b9-7+,36-20?. The topological polar surface area (TPSA) is 136 Å². The van der Waals surface area contributed by atoms with Crippen molar-refractivity contribution in [2.45, 2.75) is 31.8 Å². The number of rotatable bonds is 8. The van der Waals surface area contributed by atoms with E-state index in [9.17, 15) is 10.1 Å². The molecule has 3 aliphatic heterocycles. The van der Waals surface area contributed by atoms with Gasteiger partial charge in [0.2, 0.25) is 11.9 Å². The van der Waals surface area contributed by atoms with Crippen molar-refractivity contribution in [2.75, 3.05) is 101 Å². The number of benzene rings is 1. The minimum atomic E-state index is -0.450. The van der Waals surface area contributed by atoms with Gasteiger partial charge in [0.25, 0.3) is 0 Å². The molecule has 46 heavy (non-hydrogen) atoms. The molecule has 1 unspecified atom stereocenters. The summed E-state index contributed by atoms with van der Waals surface area (Å²) in [6.07, 6.45) is 6.25. The maximum atomic E-state index is 13.2. The van der Waals surface area contributed by atoms with Gasteiger partial charge in [-0.1, -0.05) is 18.1 Å². The lowest BCUT2D eigenvalue weighted by Crippen LogP contribution is -2.58. The fraction of sp³-hybridized carbons (Fsp3) is 0.500. The molecule has 0 bridgehead atoms. The Morgan fingerprint density at radius 2 is 1.83 bits per heavy atom. The first kappa shape index (κ1) is 32.7. The summed E-state index contributed by atoms with van der Waals surface area (Å²) in [6.45, 7) is 7.42. The van der Waals surface area contributed by atoms with Crippen molar-refractivity contribution in [1.29, 1.82) is 10.7 Å². The Morgan fingerprint density at radius 3 is 2.52 bits per heavy atom. The van der Waals surface area contributed by atoms with E-state index >= 15 is 0 Å². The predicted molar refractivity (Wildman–Crippen MR) is 184 cm³/mol. The number of amides is 1. The molecule has 12 nitrogen and oxygen atoms in total. The van der Waals surface area contributed by atoms with Crippen LogP contribution in [-0.2, 0) is 17.6 Å². The van der Waals surface area contributed by atoms with Gasteiger partial charge in [-0.15, -0.1) is 0 Å². The summed E-state index contributed by atoms with van der Waals surface area (Å²) < 4.78 is 0. The van der Waals surface area contributed by atoms with Crippen LogP contribution in [0.5, 0.6) is 0 Å². The molecule has 4 heterocycles. The van der Waals surface area contributed by atoms with Crippen LogP contribution in [0.2, 0.25) is 0 Å². The molecule has 2 saturated heterocycles. The van der Waals surface area contributed by atoms with Crippen molar-refractivity contribution in [2.24, 2.45) is 0 Å². The third-order valence-electron chi connectivity index (χ3n) is 9.09. The van der Waals surface area contributed by atoms with E-state index in [0.29, 0.717) is 37.9 Å². The van der Waals surface area contributed by atoms with Crippen molar-refractivity contribution in [1.82, 2.24) is 24.7 Å². The highest BCUT2D eigenvalue weighted by molar-refractivity contribution is 5.94. The lowest BCUT2D eigenvalue weighted by Gasteiger charge is -2.44. The predicted octanol–water partition coefficient (Wildman–Crippen LogP) is 1.38. The SMILES string of the molecule is Cc1ccc(N)c(C=N)c1N1CCc2nc(N3CC(N(C)C)C3)nc(N3CCN(C(=O)/C=C/CN(C)C)C(C#CC#N)C3)c2CC1. The van der Waals surface area contributed by atoms with Crippen LogP contribution in [0.1, 0.15) is 22.4 Å². The molecule has 1 atom stereocenters. The highest BCUT2D eigenvalue weighted by Crippen LogP contribution is 2.34. The van der Waals surface area contributed by atoms with Crippen LogP contribution >= 0.6 is 0 Å². The van der Waals surface area contributed by atoms with Crippen LogP contribution in [0.3, 0.4) is 0 Å². The molecule has 1 aromatic carbocycles. The number of carbonyl (C=O) groups is 1. The molecule has 0 saturated carbocycles. The molecule has 3 N–H and O–H groups in total. The number of carbonyl (C=O) groups excluding carboxylic acids is 1. The van der Waals surface area contributed by atoms with E-state index in [1.165, 1.54) is 6.21 Å². The highest BCUT2D eigenvalue weighted by Gasteiger charge is 2.35. The van der Waals surface area contributed by atoms with E-state index in [4.69, 9.17) is 21.1 Å². The molecule has 3 aliphatic rings. The first-order chi connectivity index (χ1) is 22.1. The van der Waals surface area contributed by atoms with Crippen molar-refractivity contribution < 1.29 is 4.79 Å². The molecular weight excluding hydrogens is 578 g/mol. The molecule has 0 radical (unpaired) electrons. The minimum Gasteiger partial charge on any atom is -0.398 e. The maximum Gasteiger partial charge on any atom is 0.247 e. The van der Waals surface area contributed by atoms with Crippen LogP contribution in [0.4, 0.5) is 23.1 Å². The zero-order chi connectivity index (χ0) is 33.0. The summed E-state index contributed by atoms with van der Waals surface area (Å²) in [5, 5.41) is 17.3. The largest absolute Gasteiger partial charge is 0.398 e. The number of piperazine rings is 1. The van der Waals surface area contributed by atoms with Gasteiger partial charge >= 0.3 is 0 Å². The number of nitrogen functional groups attached to an aromatic ring is 1. The van der Waals surface area contributed by atoms with Gasteiger partial charge in [-0.05, 0) is 53.2 Å². The Kier molecular flexibility index (Phi) is 10.1. The number of aryl methyl sites for hydroxylation is 1. The van der Waals surface area contributed by atoms with Gasteiger partial charge in [0, 0.05) is 93.3 Å². The third kappa shape index (κ3) is 6.94. The number of aromatic nitrogens is 2. The fourth-order valence-corrected chi connectivity index (χ4v) is 6.38. The summed E-state index contributed by atoms with van der Waals surface area (Å²) in [7, 11) is 8.10. The number of nitrogens with zero attached hydrogens (tertiary/aromatic N) is 9. The zero-order valence-electron chi connectivity index (χ0n) is 27.6. The van der Waals surface area contributed by atoms with E-state index in [2.05, 4.69) is 52.5 Å². The Balaban J connectivity index is 1.47. The van der Waals surface area contributed by atoms with Gasteiger partial charge in [0.1, 0.15) is 11.9 Å². The molecule has 12 heteroatoms. The number of likely N-dealkylation sites (N-methyl/N-ethyl adjacent to an activating group) is 2. The van der Waals surface area contributed by atoms with Crippen molar-refractivity contribution in [3.63, 3.8) is 0 Å². The van der Waals surface area contributed by atoms with Crippen LogP contribution in [0.25, 0.3) is 0 Å². The summed E-state index contributed by atoms with van der Waals surface area (Å²) in [5.74, 6) is 7.09. The van der Waals surface area contributed by atoms with E-state index in [1.807, 2.05) is 43.3 Å². The molecule has 1 amide bonds. The third-order valence-corrected chi connectivity index (χ3v) is 9.09. The molecule has 0 spiro atoms. The zero-order valence-corrected chi connectivity index (χ0v) is 27.6. The van der Waals surface area contributed by atoms with Crippen molar-refractivity contribution in [3.05, 3.63) is 46.7 Å². The Labute approximate surface area is 272 Å². The second-order valence-corrected chi connectivity index (χ2v) is 12.7. The van der Waals surface area contributed by atoms with Crippen LogP contribution in [-0.4, -0.2) is 129 Å². The summed E-state index contributed by atoms with van der Waals surface area (Å²) >= 11 is 0. The second kappa shape index (κ2) is 14.2. The van der Waals surface area contributed by atoms with Gasteiger partial charge in [-0.25, -0.2) is 4.98 Å². The van der Waals surface area contributed by atoms with Gasteiger partial charge in [0.15, 0.2) is 6.07 Å². The van der Waals surface area contributed by atoms with Crippen LogP contribution in [0, 0.1) is 35.5 Å². The molecular formula is C34H45N11O. The van der Waals surface area contributed by atoms with E-state index in [1.54, 1.807) is 11.0 Å². The normalized spacial score (nSPS) is 18.6. The van der Waals surface area contributed by atoms with Crippen molar-refractivity contribution >= 4 is 35.3 Å². The first-order valence-electron chi connectivity index (χ1n) is 15.8. The lowest BCUT2D eigenvalue weighted by molar-refractivity contribution is -0.127. The van der Waals surface area contributed by atoms with Crippen LogP contribution in [0.15, 0.2) is 24.3 Å². The average molecular weight is 624 g/mol. The van der Waals surface area contributed by atoms with Crippen LogP contribution < -0.4 is 20.4 Å². The summed E-state index contributed by atoms with van der Waals surface area (Å²) in [5.41, 5.74) is 11.8. The van der Waals surface area contributed by atoms with Gasteiger partial charge in [-0.2, -0.15) is 10.2 Å². The van der Waals surface area contributed by atoms with Gasteiger partial charge in [0.05, 0.1) is 17.9 Å². The minimum absolute atomic E-state index is 0.105. The monoisotopic (exact) mass is 623 g/mol. The number of nitrogens with one attached hydrogen (secondary N) is 1. The Hall–Kier alpha value is -4.65. The number of hydrogen-bond donors (Lipinski definition) is 2. The number of nitriles is 1. The smallest absolute Gasteiger partial charge is 0.247 e.